The average Bonchev–Trinajstić information content (AvgIpc) is 2.58. The minimum absolute atomic E-state index is 0.0823. The first-order valence-electron chi connectivity index (χ1n) is 8.68. The van der Waals surface area contributed by atoms with Crippen molar-refractivity contribution in [2.75, 3.05) is 14.2 Å². The van der Waals surface area contributed by atoms with Crippen molar-refractivity contribution in [2.45, 2.75) is 39.5 Å². The second-order valence-corrected chi connectivity index (χ2v) is 7.62. The molecule has 1 N–H and O–H groups in total. The maximum atomic E-state index is 13.0. The van der Waals surface area contributed by atoms with Gasteiger partial charge in [0.25, 0.3) is 0 Å². The van der Waals surface area contributed by atoms with Gasteiger partial charge >= 0.3 is 0 Å². The number of hydrogen-bond acceptors (Lipinski definition) is 5. The van der Waals surface area contributed by atoms with Crippen LogP contribution in [0.25, 0.3) is 0 Å². The summed E-state index contributed by atoms with van der Waals surface area (Å²) in [6.45, 7) is 6.07. The third kappa shape index (κ3) is 2.86. The van der Waals surface area contributed by atoms with Crippen LogP contribution >= 0.6 is 0 Å². The molecule has 1 aromatic rings. The first-order chi connectivity index (χ1) is 12.3. The molecule has 1 atom stereocenters. The van der Waals surface area contributed by atoms with Crippen LogP contribution in [0.15, 0.2) is 40.7 Å². The highest BCUT2D eigenvalue weighted by Crippen LogP contribution is 2.49. The summed E-state index contributed by atoms with van der Waals surface area (Å²) in [5, 5.41) is 13.1. The van der Waals surface area contributed by atoms with E-state index in [9.17, 15) is 10.1 Å². The molecule has 1 aromatic carbocycles. The van der Waals surface area contributed by atoms with Crippen LogP contribution < -0.4 is 14.8 Å². The monoisotopic (exact) mass is 352 g/mol. The summed E-state index contributed by atoms with van der Waals surface area (Å²) in [6.07, 6.45) is 1.24. The van der Waals surface area contributed by atoms with Crippen LogP contribution in [0, 0.1) is 16.7 Å². The Balaban J connectivity index is 2.26. The van der Waals surface area contributed by atoms with Crippen molar-refractivity contribution in [1.29, 1.82) is 5.26 Å². The summed E-state index contributed by atoms with van der Waals surface area (Å²) in [5.74, 6) is 0.792. The summed E-state index contributed by atoms with van der Waals surface area (Å²) in [6, 6.07) is 7.88. The van der Waals surface area contributed by atoms with Crippen LogP contribution in [0.4, 0.5) is 0 Å². The van der Waals surface area contributed by atoms with Gasteiger partial charge in [-0.2, -0.15) is 5.26 Å². The maximum absolute atomic E-state index is 13.0. The number of ether oxygens (including phenoxy) is 2. The molecule has 1 heterocycles. The number of carbonyl (C=O) groups excluding carboxylic acids is 1. The molecule has 1 aliphatic heterocycles. The number of carbonyl (C=O) groups is 1. The summed E-state index contributed by atoms with van der Waals surface area (Å²) >= 11 is 0. The molecule has 0 aromatic heterocycles. The Hall–Kier alpha value is -2.74. The fourth-order valence-corrected chi connectivity index (χ4v) is 4.03. The molecule has 0 fully saturated rings. The topological polar surface area (TPSA) is 71.3 Å². The van der Waals surface area contributed by atoms with Crippen LogP contribution in [0.3, 0.4) is 0 Å². The van der Waals surface area contributed by atoms with E-state index in [1.165, 1.54) is 0 Å². The van der Waals surface area contributed by atoms with Gasteiger partial charge in [0.1, 0.15) is 0 Å². The van der Waals surface area contributed by atoms with Crippen molar-refractivity contribution in [2.24, 2.45) is 5.41 Å². The van der Waals surface area contributed by atoms with E-state index in [4.69, 9.17) is 9.47 Å². The Labute approximate surface area is 154 Å². The highest BCUT2D eigenvalue weighted by molar-refractivity contribution is 6.00. The number of nitrogens with zero attached hydrogens (tertiary/aromatic N) is 1. The molecular formula is C21H24N2O3. The molecule has 0 saturated heterocycles. The van der Waals surface area contributed by atoms with Gasteiger partial charge in [-0.25, -0.2) is 0 Å². The van der Waals surface area contributed by atoms with Gasteiger partial charge in [0.05, 0.1) is 31.8 Å². The van der Waals surface area contributed by atoms with E-state index in [-0.39, 0.29) is 11.2 Å². The Morgan fingerprint density at radius 3 is 2.58 bits per heavy atom. The second kappa shape index (κ2) is 6.53. The summed E-state index contributed by atoms with van der Waals surface area (Å²) in [7, 11) is 3.15. The molecule has 0 amide bonds. The predicted octanol–water partition coefficient (Wildman–Crippen LogP) is 3.83. The Morgan fingerprint density at radius 1 is 1.23 bits per heavy atom. The van der Waals surface area contributed by atoms with E-state index < -0.39 is 5.92 Å². The van der Waals surface area contributed by atoms with Crippen LogP contribution in [0.1, 0.15) is 45.1 Å². The van der Waals surface area contributed by atoms with E-state index in [0.29, 0.717) is 29.1 Å². The molecule has 0 radical (unpaired) electrons. The van der Waals surface area contributed by atoms with E-state index in [0.717, 1.165) is 23.4 Å². The first kappa shape index (κ1) is 18.1. The SMILES string of the molecule is COc1cccc([C@@H]2C(C#N)=C(C)NC3=C2C(=O)CC(C)(C)C3)c1OC. The van der Waals surface area contributed by atoms with Gasteiger partial charge in [-0.1, -0.05) is 26.0 Å². The Kier molecular flexibility index (Phi) is 4.53. The Morgan fingerprint density at radius 2 is 1.96 bits per heavy atom. The highest BCUT2D eigenvalue weighted by atomic mass is 16.5. The molecule has 5 heteroatoms. The highest BCUT2D eigenvalue weighted by Gasteiger charge is 2.42. The molecule has 0 spiro atoms. The lowest BCUT2D eigenvalue weighted by atomic mass is 9.68. The van der Waals surface area contributed by atoms with Gasteiger partial charge in [0.2, 0.25) is 0 Å². The zero-order valence-electron chi connectivity index (χ0n) is 15.9. The quantitative estimate of drug-likeness (QED) is 0.895. The number of allylic oxidation sites excluding steroid dienone is 4. The van der Waals surface area contributed by atoms with E-state index in [2.05, 4.69) is 25.2 Å². The van der Waals surface area contributed by atoms with Crippen LogP contribution in [0.5, 0.6) is 11.5 Å². The lowest BCUT2D eigenvalue weighted by Gasteiger charge is -2.39. The molecular weight excluding hydrogens is 328 g/mol. The molecule has 0 unspecified atom stereocenters. The summed E-state index contributed by atoms with van der Waals surface area (Å²) in [4.78, 5) is 13.0. The molecule has 2 aliphatic rings. The van der Waals surface area contributed by atoms with E-state index >= 15 is 0 Å². The standard InChI is InChI=1S/C21H24N2O3/c1-12-14(11-22)18(13-7-6-8-17(25-4)20(13)26-5)19-15(23-12)9-21(2,3)10-16(19)24/h6-8,18,23H,9-10H2,1-5H3/t18-/m1/s1. The molecule has 3 rings (SSSR count). The Bertz CT molecular complexity index is 872. The summed E-state index contributed by atoms with van der Waals surface area (Å²) in [5.41, 5.74) is 3.60. The molecule has 1 aliphatic carbocycles. The number of methoxy groups -OCH3 is 2. The van der Waals surface area contributed by atoms with Crippen molar-refractivity contribution in [1.82, 2.24) is 5.32 Å². The maximum Gasteiger partial charge on any atom is 0.164 e. The van der Waals surface area contributed by atoms with E-state index in [1.54, 1.807) is 14.2 Å². The fraction of sp³-hybridized carbons (Fsp3) is 0.429. The third-order valence-corrected chi connectivity index (χ3v) is 5.10. The van der Waals surface area contributed by atoms with Gasteiger partial charge in [0.15, 0.2) is 17.3 Å². The smallest absolute Gasteiger partial charge is 0.164 e. The number of nitriles is 1. The second-order valence-electron chi connectivity index (χ2n) is 7.62. The van der Waals surface area contributed by atoms with Gasteiger partial charge in [-0.3, -0.25) is 4.79 Å². The number of benzene rings is 1. The minimum atomic E-state index is -0.440. The number of para-hydroxylation sites is 1. The fourth-order valence-electron chi connectivity index (χ4n) is 4.03. The molecule has 0 saturated carbocycles. The first-order valence-corrected chi connectivity index (χ1v) is 8.68. The lowest BCUT2D eigenvalue weighted by Crippen LogP contribution is -2.37. The van der Waals surface area contributed by atoms with Crippen molar-refractivity contribution in [3.63, 3.8) is 0 Å². The minimum Gasteiger partial charge on any atom is -0.493 e. The zero-order chi connectivity index (χ0) is 19.1. The normalized spacial score (nSPS) is 21.7. The largest absolute Gasteiger partial charge is 0.493 e. The number of rotatable bonds is 3. The number of dihydropyridines is 1. The van der Waals surface area contributed by atoms with Gasteiger partial charge < -0.3 is 14.8 Å². The molecule has 5 nitrogen and oxygen atoms in total. The predicted molar refractivity (Wildman–Crippen MR) is 98.8 cm³/mol. The van der Waals surface area contributed by atoms with Gasteiger partial charge in [-0.05, 0) is 24.8 Å². The summed E-state index contributed by atoms with van der Waals surface area (Å²) < 4.78 is 11.0. The lowest BCUT2D eigenvalue weighted by molar-refractivity contribution is -0.118. The third-order valence-electron chi connectivity index (χ3n) is 5.10. The van der Waals surface area contributed by atoms with Crippen molar-refractivity contribution in [3.05, 3.63) is 46.3 Å². The van der Waals surface area contributed by atoms with Crippen molar-refractivity contribution in [3.8, 4) is 17.6 Å². The van der Waals surface area contributed by atoms with Crippen LogP contribution in [-0.4, -0.2) is 20.0 Å². The van der Waals surface area contributed by atoms with Crippen LogP contribution in [0.2, 0.25) is 0 Å². The number of hydrogen-bond donors (Lipinski definition) is 1. The molecule has 26 heavy (non-hydrogen) atoms. The number of nitrogens with one attached hydrogen (secondary N) is 1. The van der Waals surface area contributed by atoms with Crippen molar-refractivity contribution < 1.29 is 14.3 Å². The van der Waals surface area contributed by atoms with Crippen LogP contribution in [-0.2, 0) is 4.79 Å². The number of Topliss-reactive ketones (excluding diaryl/α,β-unsaturated/α-hetero) is 1. The van der Waals surface area contributed by atoms with Crippen molar-refractivity contribution >= 4 is 5.78 Å². The molecule has 0 bridgehead atoms. The zero-order valence-corrected chi connectivity index (χ0v) is 15.9. The van der Waals surface area contributed by atoms with Gasteiger partial charge in [-0.15, -0.1) is 0 Å². The van der Waals surface area contributed by atoms with E-state index in [1.807, 2.05) is 25.1 Å². The molecule has 136 valence electrons. The average molecular weight is 352 g/mol. The van der Waals surface area contributed by atoms with Gasteiger partial charge in [0, 0.05) is 29.0 Å². The number of ketones is 1.